The summed E-state index contributed by atoms with van der Waals surface area (Å²) in [5.74, 6) is 1.06. The number of carbonyl (C=O) groups is 2. The van der Waals surface area contributed by atoms with Crippen molar-refractivity contribution < 1.29 is 14.0 Å². The van der Waals surface area contributed by atoms with Crippen LogP contribution in [-0.4, -0.2) is 18.4 Å². The van der Waals surface area contributed by atoms with Crippen LogP contribution in [0.3, 0.4) is 0 Å². The highest BCUT2D eigenvalue weighted by molar-refractivity contribution is 5.83. The molecule has 0 spiro atoms. The van der Waals surface area contributed by atoms with E-state index >= 15 is 0 Å². The first-order valence-corrected chi connectivity index (χ1v) is 8.21. The first-order chi connectivity index (χ1) is 10.7. The van der Waals surface area contributed by atoms with Gasteiger partial charge in [0.1, 0.15) is 5.76 Å². The second kappa shape index (κ2) is 10.9. The quantitative estimate of drug-likeness (QED) is 0.660. The third kappa shape index (κ3) is 7.86. The van der Waals surface area contributed by atoms with Gasteiger partial charge in [0, 0.05) is 19.4 Å². The third-order valence-corrected chi connectivity index (χ3v) is 3.75. The van der Waals surface area contributed by atoms with Crippen LogP contribution in [0.15, 0.2) is 22.8 Å². The number of amides is 2. The Hall–Kier alpha value is -1.78. The van der Waals surface area contributed by atoms with E-state index in [4.69, 9.17) is 4.42 Å². The zero-order valence-electron chi connectivity index (χ0n) is 13.7. The van der Waals surface area contributed by atoms with Gasteiger partial charge in [-0.05, 0) is 24.5 Å². The lowest BCUT2D eigenvalue weighted by atomic mass is 9.99. The van der Waals surface area contributed by atoms with Gasteiger partial charge in [0.05, 0.1) is 12.8 Å². The molecule has 0 aliphatic rings. The first kappa shape index (κ1) is 18.3. The average Bonchev–Trinajstić information content (AvgIpc) is 3.04. The maximum absolute atomic E-state index is 11.8. The molecule has 22 heavy (non-hydrogen) atoms. The van der Waals surface area contributed by atoms with E-state index in [1.807, 2.05) is 0 Å². The maximum atomic E-state index is 11.8. The molecule has 2 amide bonds. The van der Waals surface area contributed by atoms with Crippen LogP contribution < -0.4 is 10.6 Å². The summed E-state index contributed by atoms with van der Waals surface area (Å²) in [5, 5.41) is 5.66. The highest BCUT2D eigenvalue weighted by atomic mass is 16.3. The predicted molar refractivity (Wildman–Crippen MR) is 86.1 cm³/mol. The first-order valence-electron chi connectivity index (χ1n) is 8.21. The van der Waals surface area contributed by atoms with Crippen molar-refractivity contribution in [3.63, 3.8) is 0 Å². The zero-order chi connectivity index (χ0) is 16.2. The van der Waals surface area contributed by atoms with Crippen molar-refractivity contribution in [3.8, 4) is 0 Å². The summed E-state index contributed by atoms with van der Waals surface area (Å²) in [4.78, 5) is 23.4. The normalized spacial score (nSPS) is 11.9. The fraction of sp³-hybridized carbons (Fsp3) is 0.647. The van der Waals surface area contributed by atoms with Crippen LogP contribution in [0.4, 0.5) is 0 Å². The Balaban J connectivity index is 2.12. The fourth-order valence-electron chi connectivity index (χ4n) is 2.20. The van der Waals surface area contributed by atoms with Gasteiger partial charge in [-0.2, -0.15) is 0 Å². The number of furan rings is 1. The van der Waals surface area contributed by atoms with E-state index < -0.39 is 0 Å². The van der Waals surface area contributed by atoms with E-state index in [1.54, 1.807) is 18.4 Å². The molecule has 5 nitrogen and oxygen atoms in total. The summed E-state index contributed by atoms with van der Waals surface area (Å²) in [5.41, 5.74) is 0. The Labute approximate surface area is 132 Å². The van der Waals surface area contributed by atoms with E-state index in [2.05, 4.69) is 24.5 Å². The molecule has 1 atom stereocenters. The van der Waals surface area contributed by atoms with Gasteiger partial charge in [-0.3, -0.25) is 9.59 Å². The third-order valence-electron chi connectivity index (χ3n) is 3.75. The number of hydrogen-bond donors (Lipinski definition) is 2. The summed E-state index contributed by atoms with van der Waals surface area (Å²) in [6.07, 6.45) is 6.61. The van der Waals surface area contributed by atoms with Crippen molar-refractivity contribution >= 4 is 11.8 Å². The van der Waals surface area contributed by atoms with Crippen LogP contribution >= 0.6 is 0 Å². The zero-order valence-corrected chi connectivity index (χ0v) is 13.7. The van der Waals surface area contributed by atoms with Gasteiger partial charge in [0.2, 0.25) is 11.8 Å². The summed E-state index contributed by atoms with van der Waals surface area (Å²) < 4.78 is 5.12. The van der Waals surface area contributed by atoms with Gasteiger partial charge in [-0.1, -0.05) is 33.1 Å². The van der Waals surface area contributed by atoms with E-state index in [-0.39, 0.29) is 24.7 Å². The number of rotatable bonds is 11. The highest BCUT2D eigenvalue weighted by Crippen LogP contribution is 2.11. The van der Waals surface area contributed by atoms with Gasteiger partial charge in [0.15, 0.2) is 0 Å². The Morgan fingerprint density at radius 2 is 1.91 bits per heavy atom. The van der Waals surface area contributed by atoms with Crippen LogP contribution in [0.2, 0.25) is 0 Å². The van der Waals surface area contributed by atoms with Crippen LogP contribution in [0, 0.1) is 5.92 Å². The molecule has 0 unspecified atom stereocenters. The molecule has 2 N–H and O–H groups in total. The van der Waals surface area contributed by atoms with E-state index in [0.29, 0.717) is 24.8 Å². The molecule has 0 aromatic carbocycles. The van der Waals surface area contributed by atoms with Crippen molar-refractivity contribution in [2.75, 3.05) is 6.54 Å². The SMILES string of the molecule is CCCC[C@H](CC)CNC(=O)CCC(=O)NCc1ccco1. The van der Waals surface area contributed by atoms with Gasteiger partial charge in [-0.25, -0.2) is 0 Å². The van der Waals surface area contributed by atoms with Crippen molar-refractivity contribution in [1.82, 2.24) is 10.6 Å². The van der Waals surface area contributed by atoms with Crippen molar-refractivity contribution in [2.24, 2.45) is 5.92 Å². The van der Waals surface area contributed by atoms with E-state index in [9.17, 15) is 9.59 Å². The molecule has 0 bridgehead atoms. The minimum absolute atomic E-state index is 0.0527. The largest absolute Gasteiger partial charge is 0.467 e. The topological polar surface area (TPSA) is 71.3 Å². The summed E-state index contributed by atoms with van der Waals surface area (Å²) in [7, 11) is 0. The maximum Gasteiger partial charge on any atom is 0.220 e. The molecule has 1 aromatic rings. The minimum atomic E-state index is -0.135. The molecule has 0 aliphatic heterocycles. The standard InChI is InChI=1S/C17H28N2O3/c1-3-5-7-14(4-2)12-18-16(20)9-10-17(21)19-13-15-8-6-11-22-15/h6,8,11,14H,3-5,7,9-10,12-13H2,1-2H3,(H,18,20)(H,19,21)/t14-/m0/s1. The predicted octanol–water partition coefficient (Wildman–Crippen LogP) is 3.01. The second-order valence-electron chi connectivity index (χ2n) is 5.58. The molecule has 0 fully saturated rings. The van der Waals surface area contributed by atoms with Crippen LogP contribution in [-0.2, 0) is 16.1 Å². The van der Waals surface area contributed by atoms with Gasteiger partial charge >= 0.3 is 0 Å². The second-order valence-corrected chi connectivity index (χ2v) is 5.58. The van der Waals surface area contributed by atoms with E-state index in [0.717, 1.165) is 12.8 Å². The van der Waals surface area contributed by atoms with Gasteiger partial charge in [-0.15, -0.1) is 0 Å². The number of hydrogen-bond acceptors (Lipinski definition) is 3. The average molecular weight is 308 g/mol. The number of nitrogens with one attached hydrogen (secondary N) is 2. The molecule has 0 saturated carbocycles. The molecular weight excluding hydrogens is 280 g/mol. The molecule has 5 heteroatoms. The lowest BCUT2D eigenvalue weighted by Crippen LogP contribution is -2.31. The molecule has 1 heterocycles. The fourth-order valence-corrected chi connectivity index (χ4v) is 2.20. The van der Waals surface area contributed by atoms with Gasteiger partial charge < -0.3 is 15.1 Å². The smallest absolute Gasteiger partial charge is 0.220 e. The molecular formula is C17H28N2O3. The summed E-state index contributed by atoms with van der Waals surface area (Å²) in [6.45, 7) is 5.40. The Kier molecular flexibility index (Phi) is 9.03. The summed E-state index contributed by atoms with van der Waals surface area (Å²) in [6, 6.07) is 3.58. The molecule has 0 radical (unpaired) electrons. The number of unbranched alkanes of at least 4 members (excludes halogenated alkanes) is 1. The van der Waals surface area contributed by atoms with Crippen LogP contribution in [0.5, 0.6) is 0 Å². The molecule has 124 valence electrons. The molecule has 0 saturated heterocycles. The molecule has 1 aromatic heterocycles. The minimum Gasteiger partial charge on any atom is -0.467 e. The monoisotopic (exact) mass is 308 g/mol. The van der Waals surface area contributed by atoms with Crippen LogP contribution in [0.1, 0.15) is 58.1 Å². The highest BCUT2D eigenvalue weighted by Gasteiger charge is 2.10. The van der Waals surface area contributed by atoms with E-state index in [1.165, 1.54) is 12.8 Å². The van der Waals surface area contributed by atoms with Crippen molar-refractivity contribution in [1.29, 1.82) is 0 Å². The van der Waals surface area contributed by atoms with Gasteiger partial charge in [0.25, 0.3) is 0 Å². The Morgan fingerprint density at radius 3 is 2.50 bits per heavy atom. The van der Waals surface area contributed by atoms with Crippen LogP contribution in [0.25, 0.3) is 0 Å². The van der Waals surface area contributed by atoms with Crippen molar-refractivity contribution in [3.05, 3.63) is 24.2 Å². The lowest BCUT2D eigenvalue weighted by Gasteiger charge is -2.15. The number of carbonyl (C=O) groups excluding carboxylic acids is 2. The molecule has 1 rings (SSSR count). The lowest BCUT2D eigenvalue weighted by molar-refractivity contribution is -0.126. The Bertz CT molecular complexity index is 429. The van der Waals surface area contributed by atoms with Crippen molar-refractivity contribution in [2.45, 2.75) is 58.9 Å². The molecule has 0 aliphatic carbocycles. The summed E-state index contributed by atoms with van der Waals surface area (Å²) >= 11 is 0. The Morgan fingerprint density at radius 1 is 1.18 bits per heavy atom.